The smallest absolute Gasteiger partial charge is 0.0476 e. The van der Waals surface area contributed by atoms with Crippen molar-refractivity contribution in [2.75, 3.05) is 5.73 Å². The predicted octanol–water partition coefficient (Wildman–Crippen LogP) is 2.57. The summed E-state index contributed by atoms with van der Waals surface area (Å²) in [5.41, 5.74) is 9.95. The number of para-hydroxylation sites is 1. The molecule has 1 heterocycles. The fraction of sp³-hybridized carbons (Fsp3) is 0.0909. The van der Waals surface area contributed by atoms with Crippen molar-refractivity contribution in [1.29, 1.82) is 0 Å². The van der Waals surface area contributed by atoms with Crippen LogP contribution in [0.3, 0.4) is 0 Å². The fourth-order valence-corrected chi connectivity index (χ4v) is 1.40. The van der Waals surface area contributed by atoms with E-state index in [2.05, 4.69) is 4.98 Å². The molecule has 0 aliphatic rings. The molecule has 0 aliphatic carbocycles. The normalized spacial score (nSPS) is 10.2. The van der Waals surface area contributed by atoms with Gasteiger partial charge in [0.25, 0.3) is 0 Å². The second-order valence-electron chi connectivity index (χ2n) is 3.14. The third kappa shape index (κ3) is 1.43. The first-order chi connectivity index (χ1) is 6.27. The fourth-order valence-electron chi connectivity index (χ4n) is 1.40. The Morgan fingerprint density at radius 1 is 1.08 bits per heavy atom. The number of nitrogens with two attached hydrogens (primary N) is 1. The lowest BCUT2D eigenvalue weighted by molar-refractivity contribution is 1.27. The number of H-pyrrole nitrogens is 1. The Hall–Kier alpha value is -1.70. The van der Waals surface area contributed by atoms with Gasteiger partial charge in [-0.05, 0) is 25.1 Å². The van der Waals surface area contributed by atoms with Crippen molar-refractivity contribution in [1.82, 2.24) is 4.98 Å². The quantitative estimate of drug-likeness (QED) is 0.638. The van der Waals surface area contributed by atoms with Gasteiger partial charge in [-0.3, -0.25) is 0 Å². The van der Waals surface area contributed by atoms with Crippen LogP contribution in [0, 0.1) is 6.92 Å². The molecule has 2 rings (SSSR count). The molecule has 0 spiro atoms. The second kappa shape index (κ2) is 2.98. The van der Waals surface area contributed by atoms with Crippen LogP contribution < -0.4 is 5.73 Å². The lowest BCUT2D eigenvalue weighted by Crippen LogP contribution is -1.88. The van der Waals surface area contributed by atoms with E-state index in [1.54, 1.807) is 0 Å². The highest BCUT2D eigenvalue weighted by atomic mass is 14.7. The largest absolute Gasteiger partial charge is 0.398 e. The Morgan fingerprint density at radius 2 is 1.85 bits per heavy atom. The average Bonchev–Trinajstić information content (AvgIpc) is 2.53. The van der Waals surface area contributed by atoms with Crippen molar-refractivity contribution in [3.63, 3.8) is 0 Å². The summed E-state index contributed by atoms with van der Waals surface area (Å²) < 4.78 is 0. The minimum absolute atomic E-state index is 0.810. The molecule has 3 N–H and O–H groups in total. The van der Waals surface area contributed by atoms with E-state index in [1.807, 2.05) is 43.3 Å². The van der Waals surface area contributed by atoms with E-state index in [-0.39, 0.29) is 0 Å². The first kappa shape index (κ1) is 7.92. The molecule has 13 heavy (non-hydrogen) atoms. The van der Waals surface area contributed by atoms with Crippen LogP contribution in [0.1, 0.15) is 5.69 Å². The zero-order valence-electron chi connectivity index (χ0n) is 7.54. The molecular formula is C11H12N2. The molecule has 0 atom stereocenters. The standard InChI is InChI=1S/C11H12N2/c1-8-6-7-11(13-8)9-4-2-3-5-10(9)12/h2-7,13H,12H2,1H3. The van der Waals surface area contributed by atoms with Crippen molar-refractivity contribution >= 4 is 5.69 Å². The molecule has 0 saturated carbocycles. The number of aromatic nitrogens is 1. The Balaban J connectivity index is 2.52. The Kier molecular flexibility index (Phi) is 1.81. The molecule has 1 aromatic carbocycles. The maximum absolute atomic E-state index is 5.84. The summed E-state index contributed by atoms with van der Waals surface area (Å²) >= 11 is 0. The van der Waals surface area contributed by atoms with E-state index in [0.29, 0.717) is 0 Å². The first-order valence-corrected chi connectivity index (χ1v) is 4.28. The average molecular weight is 172 g/mol. The monoisotopic (exact) mass is 172 g/mol. The van der Waals surface area contributed by atoms with E-state index >= 15 is 0 Å². The number of rotatable bonds is 1. The molecule has 0 bridgehead atoms. The maximum atomic E-state index is 5.84. The molecule has 2 aromatic rings. The van der Waals surface area contributed by atoms with Crippen molar-refractivity contribution in [2.24, 2.45) is 0 Å². The van der Waals surface area contributed by atoms with Crippen LogP contribution in [-0.2, 0) is 0 Å². The number of hydrogen-bond donors (Lipinski definition) is 2. The van der Waals surface area contributed by atoms with Gasteiger partial charge in [0.05, 0.1) is 0 Å². The zero-order valence-corrected chi connectivity index (χ0v) is 7.54. The summed E-state index contributed by atoms with van der Waals surface area (Å²) in [6, 6.07) is 11.9. The van der Waals surface area contributed by atoms with Crippen molar-refractivity contribution in [2.45, 2.75) is 6.92 Å². The zero-order chi connectivity index (χ0) is 9.26. The van der Waals surface area contributed by atoms with Gasteiger partial charge in [0.2, 0.25) is 0 Å². The van der Waals surface area contributed by atoms with Gasteiger partial charge in [-0.1, -0.05) is 18.2 Å². The van der Waals surface area contributed by atoms with Crippen molar-refractivity contribution in [3.05, 3.63) is 42.1 Å². The maximum Gasteiger partial charge on any atom is 0.0476 e. The van der Waals surface area contributed by atoms with Gasteiger partial charge in [-0.15, -0.1) is 0 Å². The van der Waals surface area contributed by atoms with Crippen LogP contribution in [0.15, 0.2) is 36.4 Å². The molecule has 1 aromatic heterocycles. The van der Waals surface area contributed by atoms with Crippen LogP contribution in [0.2, 0.25) is 0 Å². The Morgan fingerprint density at radius 3 is 2.46 bits per heavy atom. The van der Waals surface area contributed by atoms with Crippen LogP contribution in [0.25, 0.3) is 11.3 Å². The molecule has 0 amide bonds. The first-order valence-electron chi connectivity index (χ1n) is 4.28. The van der Waals surface area contributed by atoms with Gasteiger partial charge in [0.15, 0.2) is 0 Å². The molecule has 0 fully saturated rings. The SMILES string of the molecule is Cc1ccc(-c2ccccc2N)[nH]1. The van der Waals surface area contributed by atoms with E-state index in [4.69, 9.17) is 5.73 Å². The molecular weight excluding hydrogens is 160 g/mol. The summed E-state index contributed by atoms with van der Waals surface area (Å²) in [5.74, 6) is 0. The van der Waals surface area contributed by atoms with E-state index < -0.39 is 0 Å². The molecule has 0 aliphatic heterocycles. The number of aryl methyl sites for hydroxylation is 1. The summed E-state index contributed by atoms with van der Waals surface area (Å²) in [6.45, 7) is 2.03. The Bertz CT molecular complexity index is 416. The summed E-state index contributed by atoms with van der Waals surface area (Å²) in [6.07, 6.45) is 0. The third-order valence-corrected chi connectivity index (χ3v) is 2.08. The number of nitrogens with one attached hydrogen (secondary N) is 1. The summed E-state index contributed by atoms with van der Waals surface area (Å²) in [5, 5.41) is 0. The summed E-state index contributed by atoms with van der Waals surface area (Å²) in [4.78, 5) is 3.25. The van der Waals surface area contributed by atoms with Gasteiger partial charge >= 0.3 is 0 Å². The Labute approximate surface area is 77.4 Å². The van der Waals surface area contributed by atoms with Crippen LogP contribution in [0.4, 0.5) is 5.69 Å². The van der Waals surface area contributed by atoms with E-state index in [9.17, 15) is 0 Å². The molecule has 66 valence electrons. The number of anilines is 1. The lowest BCUT2D eigenvalue weighted by atomic mass is 10.1. The highest BCUT2D eigenvalue weighted by Gasteiger charge is 2.01. The van der Waals surface area contributed by atoms with E-state index in [0.717, 1.165) is 22.6 Å². The number of nitrogen functional groups attached to an aromatic ring is 1. The topological polar surface area (TPSA) is 41.8 Å². The van der Waals surface area contributed by atoms with Crippen LogP contribution in [-0.4, -0.2) is 4.98 Å². The molecule has 2 nitrogen and oxygen atoms in total. The number of benzene rings is 1. The highest BCUT2D eigenvalue weighted by molar-refractivity contribution is 5.73. The molecule has 0 radical (unpaired) electrons. The summed E-state index contributed by atoms with van der Waals surface area (Å²) in [7, 11) is 0. The van der Waals surface area contributed by atoms with Gasteiger partial charge in [-0.25, -0.2) is 0 Å². The van der Waals surface area contributed by atoms with E-state index in [1.165, 1.54) is 0 Å². The van der Waals surface area contributed by atoms with Crippen molar-refractivity contribution in [3.8, 4) is 11.3 Å². The minimum Gasteiger partial charge on any atom is -0.398 e. The molecule has 0 unspecified atom stereocenters. The third-order valence-electron chi connectivity index (χ3n) is 2.08. The second-order valence-corrected chi connectivity index (χ2v) is 3.14. The predicted molar refractivity (Wildman–Crippen MR) is 55.4 cm³/mol. The molecule has 2 heteroatoms. The van der Waals surface area contributed by atoms with Gasteiger partial charge in [-0.2, -0.15) is 0 Å². The highest BCUT2D eigenvalue weighted by Crippen LogP contribution is 2.24. The number of hydrogen-bond acceptors (Lipinski definition) is 1. The van der Waals surface area contributed by atoms with Gasteiger partial charge in [0, 0.05) is 22.6 Å². The van der Waals surface area contributed by atoms with Gasteiger partial charge < -0.3 is 10.7 Å². The van der Waals surface area contributed by atoms with Crippen LogP contribution in [0.5, 0.6) is 0 Å². The van der Waals surface area contributed by atoms with Crippen LogP contribution >= 0.6 is 0 Å². The number of aromatic amines is 1. The van der Waals surface area contributed by atoms with Gasteiger partial charge in [0.1, 0.15) is 0 Å². The molecule has 0 saturated heterocycles. The van der Waals surface area contributed by atoms with Crippen molar-refractivity contribution < 1.29 is 0 Å². The lowest BCUT2D eigenvalue weighted by Gasteiger charge is -2.01. The minimum atomic E-state index is 0.810.